The lowest BCUT2D eigenvalue weighted by molar-refractivity contribution is -0.122. The van der Waals surface area contributed by atoms with Crippen LogP contribution in [-0.4, -0.2) is 28.7 Å². The Balaban J connectivity index is 1.51. The van der Waals surface area contributed by atoms with E-state index in [1.807, 2.05) is 24.3 Å². The van der Waals surface area contributed by atoms with Gasteiger partial charge >= 0.3 is 0 Å². The summed E-state index contributed by atoms with van der Waals surface area (Å²) in [5.41, 5.74) is 2.54. The van der Waals surface area contributed by atoms with Gasteiger partial charge in [0.05, 0.1) is 12.1 Å². The van der Waals surface area contributed by atoms with Gasteiger partial charge in [0, 0.05) is 17.5 Å². The lowest BCUT2D eigenvalue weighted by Gasteiger charge is -2.08. The lowest BCUT2D eigenvalue weighted by Crippen LogP contribution is -2.37. The van der Waals surface area contributed by atoms with Gasteiger partial charge in [-0.25, -0.2) is 4.98 Å². The fourth-order valence-corrected chi connectivity index (χ4v) is 3.48. The number of hydrogen-bond donors (Lipinski definition) is 3. The van der Waals surface area contributed by atoms with Crippen LogP contribution in [-0.2, 0) is 20.8 Å². The number of anilines is 2. The Labute approximate surface area is 161 Å². The number of aromatic nitrogens is 1. The van der Waals surface area contributed by atoms with E-state index in [1.165, 1.54) is 16.9 Å². The third kappa shape index (κ3) is 5.13. The van der Waals surface area contributed by atoms with E-state index in [4.69, 9.17) is 0 Å². The molecule has 1 aliphatic heterocycles. The minimum atomic E-state index is -0.512. The summed E-state index contributed by atoms with van der Waals surface area (Å²) >= 11 is 1.26. The molecule has 0 saturated carbocycles. The number of nitrogens with one attached hydrogen (secondary N) is 3. The number of nitrogens with zero attached hydrogens (tertiary/aromatic N) is 1. The van der Waals surface area contributed by atoms with Gasteiger partial charge in [-0.3, -0.25) is 14.4 Å². The van der Waals surface area contributed by atoms with Crippen LogP contribution in [0.15, 0.2) is 29.6 Å². The molecule has 3 N–H and O–H groups in total. The Kier molecular flexibility index (Phi) is 5.85. The summed E-state index contributed by atoms with van der Waals surface area (Å²) in [6, 6.07) is 7.25. The molecule has 0 bridgehead atoms. The van der Waals surface area contributed by atoms with Crippen LogP contribution in [0.25, 0.3) is 0 Å². The molecule has 0 spiro atoms. The van der Waals surface area contributed by atoms with Crippen molar-refractivity contribution in [3.05, 3.63) is 40.9 Å². The first-order valence-electron chi connectivity index (χ1n) is 8.85. The van der Waals surface area contributed by atoms with E-state index in [0.29, 0.717) is 29.6 Å². The van der Waals surface area contributed by atoms with Crippen LogP contribution in [0.3, 0.4) is 0 Å². The van der Waals surface area contributed by atoms with Crippen molar-refractivity contribution in [2.45, 2.75) is 45.1 Å². The molecule has 1 aromatic heterocycles. The molecule has 1 saturated heterocycles. The molecule has 1 aliphatic rings. The third-order valence-electron chi connectivity index (χ3n) is 4.30. The maximum Gasteiger partial charge on any atom is 0.248 e. The van der Waals surface area contributed by atoms with E-state index in [2.05, 4.69) is 34.8 Å². The van der Waals surface area contributed by atoms with E-state index >= 15 is 0 Å². The molecule has 3 amide bonds. The van der Waals surface area contributed by atoms with Gasteiger partial charge in [0.15, 0.2) is 5.13 Å². The monoisotopic (exact) mass is 386 g/mol. The largest absolute Gasteiger partial charge is 0.344 e. The van der Waals surface area contributed by atoms with Crippen molar-refractivity contribution >= 4 is 39.9 Å². The second kappa shape index (κ2) is 8.30. The molecule has 1 aromatic carbocycles. The molecule has 2 heterocycles. The molecular formula is C19H22N4O3S. The molecule has 1 unspecified atom stereocenters. The highest BCUT2D eigenvalue weighted by molar-refractivity contribution is 7.13. The van der Waals surface area contributed by atoms with Crippen LogP contribution in [0.5, 0.6) is 0 Å². The smallest absolute Gasteiger partial charge is 0.248 e. The van der Waals surface area contributed by atoms with E-state index in [1.54, 1.807) is 5.38 Å². The summed E-state index contributed by atoms with van der Waals surface area (Å²) in [6.07, 6.45) is 0.971. The predicted molar refractivity (Wildman–Crippen MR) is 105 cm³/mol. The summed E-state index contributed by atoms with van der Waals surface area (Å²) in [6.45, 7) is 4.24. The first-order chi connectivity index (χ1) is 12.9. The first-order valence-corrected chi connectivity index (χ1v) is 9.73. The van der Waals surface area contributed by atoms with Gasteiger partial charge in [0.2, 0.25) is 17.7 Å². The highest BCUT2D eigenvalue weighted by Gasteiger charge is 2.27. The molecule has 27 heavy (non-hydrogen) atoms. The highest BCUT2D eigenvalue weighted by atomic mass is 32.1. The molecule has 0 radical (unpaired) electrons. The Morgan fingerprint density at radius 1 is 1.26 bits per heavy atom. The molecule has 3 rings (SSSR count). The molecule has 7 nitrogen and oxygen atoms in total. The van der Waals surface area contributed by atoms with Gasteiger partial charge < -0.3 is 16.0 Å². The predicted octanol–water partition coefficient (Wildman–Crippen LogP) is 2.66. The number of thiazole rings is 1. The summed E-state index contributed by atoms with van der Waals surface area (Å²) in [5, 5.41) is 10.3. The second-order valence-electron chi connectivity index (χ2n) is 6.79. The molecule has 0 aliphatic carbocycles. The highest BCUT2D eigenvalue weighted by Crippen LogP contribution is 2.19. The van der Waals surface area contributed by atoms with Gasteiger partial charge in [-0.15, -0.1) is 11.3 Å². The van der Waals surface area contributed by atoms with Crippen molar-refractivity contribution in [3.63, 3.8) is 0 Å². The topological polar surface area (TPSA) is 100 Å². The molecule has 142 valence electrons. The average molecular weight is 386 g/mol. The van der Waals surface area contributed by atoms with Crippen molar-refractivity contribution in [2.75, 3.05) is 10.6 Å². The molecule has 1 fully saturated rings. The van der Waals surface area contributed by atoms with E-state index in [-0.39, 0.29) is 24.1 Å². The van der Waals surface area contributed by atoms with Crippen molar-refractivity contribution in [1.29, 1.82) is 0 Å². The number of carbonyl (C=O) groups excluding carboxylic acids is 3. The number of hydrogen-bond acceptors (Lipinski definition) is 5. The first kappa shape index (κ1) is 19.0. The van der Waals surface area contributed by atoms with Gasteiger partial charge in [0.1, 0.15) is 6.04 Å². The molecule has 1 atom stereocenters. The Morgan fingerprint density at radius 2 is 2.00 bits per heavy atom. The van der Waals surface area contributed by atoms with Crippen LogP contribution in [0.4, 0.5) is 10.8 Å². The zero-order valence-electron chi connectivity index (χ0n) is 15.2. The van der Waals surface area contributed by atoms with Gasteiger partial charge in [0.25, 0.3) is 0 Å². The van der Waals surface area contributed by atoms with Gasteiger partial charge in [-0.1, -0.05) is 26.0 Å². The summed E-state index contributed by atoms with van der Waals surface area (Å²) in [4.78, 5) is 39.7. The Morgan fingerprint density at radius 3 is 2.63 bits per heavy atom. The van der Waals surface area contributed by atoms with E-state index < -0.39 is 6.04 Å². The standard InChI is InChI=1S/C19H22N4O3S/c1-11(2)12-3-5-13(6-4-12)20-17(25)9-14-10-27-19(21-14)23-18(26)15-7-8-16(24)22-15/h3-6,10-11,15H,7-9H2,1-2H3,(H,20,25)(H,22,24)(H,21,23,26). The molecule has 2 aromatic rings. The minimum Gasteiger partial charge on any atom is -0.344 e. The van der Waals surface area contributed by atoms with Crippen LogP contribution >= 0.6 is 11.3 Å². The van der Waals surface area contributed by atoms with Crippen molar-refractivity contribution in [1.82, 2.24) is 10.3 Å². The molecular weight excluding hydrogens is 364 g/mol. The van der Waals surface area contributed by atoms with Crippen molar-refractivity contribution in [2.24, 2.45) is 0 Å². The number of amides is 3. The van der Waals surface area contributed by atoms with E-state index in [0.717, 1.165) is 5.69 Å². The fourth-order valence-electron chi connectivity index (χ4n) is 2.77. The Bertz CT molecular complexity index is 845. The maximum absolute atomic E-state index is 12.2. The average Bonchev–Trinajstić information content (AvgIpc) is 3.24. The van der Waals surface area contributed by atoms with Crippen LogP contribution < -0.4 is 16.0 Å². The maximum atomic E-state index is 12.2. The lowest BCUT2D eigenvalue weighted by atomic mass is 10.0. The van der Waals surface area contributed by atoms with Crippen LogP contribution in [0.1, 0.15) is 43.9 Å². The summed E-state index contributed by atoms with van der Waals surface area (Å²) in [5.74, 6) is -0.126. The second-order valence-corrected chi connectivity index (χ2v) is 7.65. The summed E-state index contributed by atoms with van der Waals surface area (Å²) < 4.78 is 0. The van der Waals surface area contributed by atoms with Crippen LogP contribution in [0.2, 0.25) is 0 Å². The number of rotatable bonds is 6. The Hall–Kier alpha value is -2.74. The van der Waals surface area contributed by atoms with Crippen molar-refractivity contribution in [3.8, 4) is 0 Å². The third-order valence-corrected chi connectivity index (χ3v) is 5.10. The quantitative estimate of drug-likeness (QED) is 0.710. The van der Waals surface area contributed by atoms with Crippen LogP contribution in [0, 0.1) is 0 Å². The zero-order chi connectivity index (χ0) is 19.4. The summed E-state index contributed by atoms with van der Waals surface area (Å²) in [7, 11) is 0. The van der Waals surface area contributed by atoms with Crippen molar-refractivity contribution < 1.29 is 14.4 Å². The molecule has 8 heteroatoms. The number of benzene rings is 1. The minimum absolute atomic E-state index is 0.118. The van der Waals surface area contributed by atoms with E-state index in [9.17, 15) is 14.4 Å². The SMILES string of the molecule is CC(C)c1ccc(NC(=O)Cc2csc(NC(=O)C3CCC(=O)N3)n2)cc1. The zero-order valence-corrected chi connectivity index (χ0v) is 16.1. The normalized spacial score (nSPS) is 16.3. The fraction of sp³-hybridized carbons (Fsp3) is 0.368. The number of carbonyl (C=O) groups is 3. The van der Waals surface area contributed by atoms with Gasteiger partial charge in [-0.05, 0) is 30.0 Å². The van der Waals surface area contributed by atoms with Gasteiger partial charge in [-0.2, -0.15) is 0 Å².